The summed E-state index contributed by atoms with van der Waals surface area (Å²) in [4.78, 5) is 0. The largest absolute Gasteiger partial charge is 0.493 e. The number of aliphatic hydroxyl groups is 1. The van der Waals surface area contributed by atoms with Gasteiger partial charge in [-0.2, -0.15) is 0 Å². The van der Waals surface area contributed by atoms with Gasteiger partial charge in [-0.3, -0.25) is 0 Å². The molecule has 0 amide bonds. The zero-order valence-electron chi connectivity index (χ0n) is 11.0. The highest BCUT2D eigenvalue weighted by Gasteiger charge is 2.13. The quantitative estimate of drug-likeness (QED) is 0.875. The number of hydrogen-bond donors (Lipinski definition) is 1. The minimum absolute atomic E-state index is 0.247. The molecule has 1 aromatic carbocycles. The molecule has 0 aliphatic carbocycles. The van der Waals surface area contributed by atoms with Crippen LogP contribution >= 0.6 is 11.6 Å². The lowest BCUT2D eigenvalue weighted by Gasteiger charge is -2.19. The van der Waals surface area contributed by atoms with Gasteiger partial charge in [0.15, 0.2) is 0 Å². The standard InChI is InChI=1S/C14H21ClO2/c1-10(16)12-9-11(15)5-6-13(12)17-8-7-14(2,3)4/h5-6,9-10,16H,7-8H2,1-4H3. The number of ether oxygens (including phenoxy) is 1. The average Bonchev–Trinajstić information content (AvgIpc) is 2.18. The summed E-state index contributed by atoms with van der Waals surface area (Å²) in [6.07, 6.45) is 0.396. The summed E-state index contributed by atoms with van der Waals surface area (Å²) in [6, 6.07) is 5.34. The van der Waals surface area contributed by atoms with Crippen molar-refractivity contribution in [2.24, 2.45) is 5.41 Å². The molecule has 96 valence electrons. The van der Waals surface area contributed by atoms with Crippen molar-refractivity contribution in [2.75, 3.05) is 6.61 Å². The van der Waals surface area contributed by atoms with Gasteiger partial charge in [-0.25, -0.2) is 0 Å². The highest BCUT2D eigenvalue weighted by Crippen LogP contribution is 2.29. The van der Waals surface area contributed by atoms with Crippen LogP contribution in [0.1, 0.15) is 45.8 Å². The Morgan fingerprint density at radius 3 is 2.53 bits per heavy atom. The molecule has 0 spiro atoms. The molecule has 0 radical (unpaired) electrons. The minimum atomic E-state index is -0.571. The first-order valence-corrected chi connectivity index (χ1v) is 6.28. The third kappa shape index (κ3) is 4.97. The molecule has 0 aromatic heterocycles. The van der Waals surface area contributed by atoms with Gasteiger partial charge in [-0.1, -0.05) is 32.4 Å². The fraction of sp³-hybridized carbons (Fsp3) is 0.571. The van der Waals surface area contributed by atoms with Crippen molar-refractivity contribution >= 4 is 11.6 Å². The summed E-state index contributed by atoms with van der Waals surface area (Å²) in [5.41, 5.74) is 0.989. The first kappa shape index (κ1) is 14.3. The first-order chi connectivity index (χ1) is 7.79. The van der Waals surface area contributed by atoms with E-state index < -0.39 is 6.10 Å². The van der Waals surface area contributed by atoms with Gasteiger partial charge >= 0.3 is 0 Å². The van der Waals surface area contributed by atoms with E-state index in [1.807, 2.05) is 6.07 Å². The zero-order valence-corrected chi connectivity index (χ0v) is 11.7. The smallest absolute Gasteiger partial charge is 0.125 e. The summed E-state index contributed by atoms with van der Waals surface area (Å²) < 4.78 is 5.71. The fourth-order valence-corrected chi connectivity index (χ4v) is 1.62. The van der Waals surface area contributed by atoms with E-state index >= 15 is 0 Å². The van der Waals surface area contributed by atoms with E-state index in [9.17, 15) is 5.11 Å². The number of hydrogen-bond acceptors (Lipinski definition) is 2. The van der Waals surface area contributed by atoms with Crippen LogP contribution < -0.4 is 4.74 Å². The molecular formula is C14H21ClO2. The maximum atomic E-state index is 9.65. The minimum Gasteiger partial charge on any atom is -0.493 e. The molecule has 1 atom stereocenters. The maximum absolute atomic E-state index is 9.65. The molecular weight excluding hydrogens is 236 g/mol. The molecule has 0 aliphatic heterocycles. The van der Waals surface area contributed by atoms with Crippen LogP contribution in [0.3, 0.4) is 0 Å². The second kappa shape index (κ2) is 5.74. The summed E-state index contributed by atoms with van der Waals surface area (Å²) in [5.74, 6) is 0.716. The second-order valence-corrected chi connectivity index (χ2v) is 5.95. The molecule has 1 rings (SSSR count). The van der Waals surface area contributed by atoms with E-state index in [1.165, 1.54) is 0 Å². The highest BCUT2D eigenvalue weighted by molar-refractivity contribution is 6.30. The van der Waals surface area contributed by atoms with E-state index in [0.29, 0.717) is 17.4 Å². The molecule has 1 unspecified atom stereocenters. The highest BCUT2D eigenvalue weighted by atomic mass is 35.5. The lowest BCUT2D eigenvalue weighted by molar-refractivity contribution is 0.186. The Morgan fingerprint density at radius 2 is 2.00 bits per heavy atom. The molecule has 0 heterocycles. The van der Waals surface area contributed by atoms with Crippen LogP contribution in [-0.2, 0) is 0 Å². The van der Waals surface area contributed by atoms with Gasteiger partial charge in [0.05, 0.1) is 12.7 Å². The monoisotopic (exact) mass is 256 g/mol. The summed E-state index contributed by atoms with van der Waals surface area (Å²) in [6.45, 7) is 8.88. The van der Waals surface area contributed by atoms with Gasteiger partial charge < -0.3 is 9.84 Å². The summed E-state index contributed by atoms with van der Waals surface area (Å²) in [5, 5.41) is 10.3. The van der Waals surface area contributed by atoms with E-state index in [0.717, 1.165) is 12.0 Å². The number of halogens is 1. The summed E-state index contributed by atoms with van der Waals surface area (Å²) >= 11 is 5.90. The van der Waals surface area contributed by atoms with Crippen LogP contribution in [0.25, 0.3) is 0 Å². The Bertz CT molecular complexity index is 367. The lowest BCUT2D eigenvalue weighted by Crippen LogP contribution is -2.12. The Hall–Kier alpha value is -0.730. The van der Waals surface area contributed by atoms with Gasteiger partial charge in [-0.15, -0.1) is 0 Å². The fourth-order valence-electron chi connectivity index (χ4n) is 1.44. The predicted octanol–water partition coefficient (Wildman–Crippen LogP) is 4.21. The molecule has 0 fully saturated rings. The van der Waals surface area contributed by atoms with Crippen LogP contribution in [0.4, 0.5) is 0 Å². The van der Waals surface area contributed by atoms with Crippen LogP contribution in [0.2, 0.25) is 5.02 Å². The molecule has 0 bridgehead atoms. The second-order valence-electron chi connectivity index (χ2n) is 5.52. The Morgan fingerprint density at radius 1 is 1.35 bits per heavy atom. The van der Waals surface area contributed by atoms with Crippen LogP contribution in [0, 0.1) is 5.41 Å². The van der Waals surface area contributed by atoms with Gasteiger partial charge in [0, 0.05) is 10.6 Å². The normalized spacial score (nSPS) is 13.5. The van der Waals surface area contributed by atoms with Crippen LogP contribution in [0.15, 0.2) is 18.2 Å². The predicted molar refractivity (Wildman–Crippen MR) is 71.7 cm³/mol. The van der Waals surface area contributed by atoms with Crippen molar-refractivity contribution in [3.63, 3.8) is 0 Å². The van der Waals surface area contributed by atoms with Crippen molar-refractivity contribution in [1.82, 2.24) is 0 Å². The molecule has 0 saturated heterocycles. The van der Waals surface area contributed by atoms with Crippen molar-refractivity contribution < 1.29 is 9.84 Å². The van der Waals surface area contributed by atoms with Crippen molar-refractivity contribution in [2.45, 2.75) is 40.2 Å². The topological polar surface area (TPSA) is 29.5 Å². The van der Waals surface area contributed by atoms with E-state index in [4.69, 9.17) is 16.3 Å². The Kier molecular flexibility index (Phi) is 4.84. The molecule has 17 heavy (non-hydrogen) atoms. The van der Waals surface area contributed by atoms with E-state index in [-0.39, 0.29) is 5.41 Å². The van der Waals surface area contributed by atoms with Crippen LogP contribution in [-0.4, -0.2) is 11.7 Å². The average molecular weight is 257 g/mol. The van der Waals surface area contributed by atoms with Crippen molar-refractivity contribution in [1.29, 1.82) is 0 Å². The van der Waals surface area contributed by atoms with Crippen LogP contribution in [0.5, 0.6) is 5.75 Å². The van der Waals surface area contributed by atoms with Gasteiger partial charge in [0.2, 0.25) is 0 Å². The zero-order chi connectivity index (χ0) is 13.1. The Labute approximate surface area is 109 Å². The van der Waals surface area contributed by atoms with E-state index in [2.05, 4.69) is 20.8 Å². The first-order valence-electron chi connectivity index (χ1n) is 5.90. The third-order valence-corrected chi connectivity index (χ3v) is 2.77. The van der Waals surface area contributed by atoms with Crippen molar-refractivity contribution in [3.05, 3.63) is 28.8 Å². The third-order valence-electron chi connectivity index (χ3n) is 2.53. The van der Waals surface area contributed by atoms with Crippen molar-refractivity contribution in [3.8, 4) is 5.75 Å². The van der Waals surface area contributed by atoms with E-state index in [1.54, 1.807) is 19.1 Å². The summed E-state index contributed by atoms with van der Waals surface area (Å²) in [7, 11) is 0. The lowest BCUT2D eigenvalue weighted by atomic mass is 9.93. The number of rotatable bonds is 4. The van der Waals surface area contributed by atoms with Gasteiger partial charge in [0.1, 0.15) is 5.75 Å². The molecule has 1 aromatic rings. The number of benzene rings is 1. The SMILES string of the molecule is CC(O)c1cc(Cl)ccc1OCCC(C)(C)C. The van der Waals surface area contributed by atoms with Gasteiger partial charge in [-0.05, 0) is 37.0 Å². The Balaban J connectivity index is 2.70. The molecule has 3 heteroatoms. The molecule has 1 N–H and O–H groups in total. The maximum Gasteiger partial charge on any atom is 0.125 e. The van der Waals surface area contributed by atoms with Gasteiger partial charge in [0.25, 0.3) is 0 Å². The molecule has 2 nitrogen and oxygen atoms in total. The number of aliphatic hydroxyl groups excluding tert-OH is 1. The molecule has 0 aliphatic rings. The molecule has 0 saturated carbocycles.